The summed E-state index contributed by atoms with van der Waals surface area (Å²) in [5.74, 6) is 0.993. The predicted molar refractivity (Wildman–Crippen MR) is 74.3 cm³/mol. The molecule has 1 saturated heterocycles. The van der Waals surface area contributed by atoms with Crippen LogP contribution in [-0.2, 0) is 0 Å². The fourth-order valence-corrected chi connectivity index (χ4v) is 3.08. The smallest absolute Gasteiger partial charge is 0.00682 e. The molecule has 2 heteroatoms. The van der Waals surface area contributed by atoms with E-state index in [1.165, 1.54) is 64.6 Å². The van der Waals surface area contributed by atoms with Crippen LogP contribution in [0.15, 0.2) is 0 Å². The first-order valence-corrected chi connectivity index (χ1v) is 7.77. The standard InChI is InChI=1S/C15H30N2/c1-3-5-14-9-11-17(12-14)13(2)6-4-10-16-15-7-8-15/h13-16H,3-12H2,1-2H3. The van der Waals surface area contributed by atoms with Gasteiger partial charge in [0.05, 0.1) is 0 Å². The maximum atomic E-state index is 3.61. The van der Waals surface area contributed by atoms with Gasteiger partial charge < -0.3 is 10.2 Å². The lowest BCUT2D eigenvalue weighted by molar-refractivity contribution is 0.232. The van der Waals surface area contributed by atoms with Gasteiger partial charge >= 0.3 is 0 Å². The Morgan fingerprint density at radius 3 is 2.82 bits per heavy atom. The molecule has 1 aliphatic heterocycles. The van der Waals surface area contributed by atoms with E-state index in [2.05, 4.69) is 24.1 Å². The first-order valence-electron chi connectivity index (χ1n) is 7.77. The van der Waals surface area contributed by atoms with Gasteiger partial charge in [-0.2, -0.15) is 0 Å². The van der Waals surface area contributed by atoms with E-state index in [-0.39, 0.29) is 0 Å². The molecule has 2 fully saturated rings. The Labute approximate surface area is 107 Å². The van der Waals surface area contributed by atoms with Crippen LogP contribution in [0.2, 0.25) is 0 Å². The van der Waals surface area contributed by atoms with E-state index in [4.69, 9.17) is 0 Å². The molecule has 1 saturated carbocycles. The minimum atomic E-state index is 0.804. The second kappa shape index (κ2) is 6.75. The molecular formula is C15H30N2. The highest BCUT2D eigenvalue weighted by Crippen LogP contribution is 2.24. The zero-order chi connectivity index (χ0) is 12.1. The van der Waals surface area contributed by atoms with E-state index in [0.29, 0.717) is 0 Å². The van der Waals surface area contributed by atoms with Crippen LogP contribution < -0.4 is 5.32 Å². The lowest BCUT2D eigenvalue weighted by Gasteiger charge is -2.24. The van der Waals surface area contributed by atoms with Crippen molar-refractivity contribution < 1.29 is 0 Å². The molecule has 0 spiro atoms. The van der Waals surface area contributed by atoms with Gasteiger partial charge in [-0.1, -0.05) is 13.3 Å². The molecule has 2 atom stereocenters. The second-order valence-corrected chi connectivity index (χ2v) is 6.16. The molecule has 2 rings (SSSR count). The first-order chi connectivity index (χ1) is 8.29. The maximum absolute atomic E-state index is 3.61. The van der Waals surface area contributed by atoms with Crippen LogP contribution in [0.5, 0.6) is 0 Å². The molecule has 1 heterocycles. The van der Waals surface area contributed by atoms with E-state index >= 15 is 0 Å². The predicted octanol–water partition coefficient (Wildman–Crippen LogP) is 3.03. The van der Waals surface area contributed by atoms with Crippen molar-refractivity contribution in [1.29, 1.82) is 0 Å². The van der Waals surface area contributed by atoms with Gasteiger partial charge in [-0.3, -0.25) is 0 Å². The van der Waals surface area contributed by atoms with Gasteiger partial charge in [-0.25, -0.2) is 0 Å². The Kier molecular flexibility index (Phi) is 5.30. The first kappa shape index (κ1) is 13.4. The van der Waals surface area contributed by atoms with Crippen LogP contribution in [-0.4, -0.2) is 36.6 Å². The summed E-state index contributed by atoms with van der Waals surface area (Å²) in [4.78, 5) is 2.72. The summed E-state index contributed by atoms with van der Waals surface area (Å²) in [6.07, 6.45) is 9.80. The maximum Gasteiger partial charge on any atom is 0.00682 e. The molecule has 1 N–H and O–H groups in total. The van der Waals surface area contributed by atoms with Gasteiger partial charge in [-0.05, 0) is 64.5 Å². The zero-order valence-electron chi connectivity index (χ0n) is 11.8. The highest BCUT2D eigenvalue weighted by molar-refractivity contribution is 4.82. The SMILES string of the molecule is CCCC1CCN(C(C)CCCNC2CC2)C1. The van der Waals surface area contributed by atoms with Crippen molar-refractivity contribution in [2.75, 3.05) is 19.6 Å². The molecule has 0 bridgehead atoms. The van der Waals surface area contributed by atoms with Crippen molar-refractivity contribution in [3.8, 4) is 0 Å². The van der Waals surface area contributed by atoms with Gasteiger partial charge in [0.25, 0.3) is 0 Å². The monoisotopic (exact) mass is 238 g/mol. The number of likely N-dealkylation sites (tertiary alicyclic amines) is 1. The molecule has 0 amide bonds. The summed E-state index contributed by atoms with van der Waals surface area (Å²) in [5.41, 5.74) is 0. The average molecular weight is 238 g/mol. The molecule has 17 heavy (non-hydrogen) atoms. The van der Waals surface area contributed by atoms with Crippen LogP contribution in [0, 0.1) is 5.92 Å². The summed E-state index contributed by atoms with van der Waals surface area (Å²) < 4.78 is 0. The molecule has 1 aliphatic carbocycles. The van der Waals surface area contributed by atoms with E-state index in [1.54, 1.807) is 0 Å². The minimum Gasteiger partial charge on any atom is -0.314 e. The Morgan fingerprint density at radius 2 is 2.12 bits per heavy atom. The quantitative estimate of drug-likeness (QED) is 0.654. The third-order valence-corrected chi connectivity index (χ3v) is 4.45. The molecule has 100 valence electrons. The summed E-state index contributed by atoms with van der Waals surface area (Å²) in [6, 6.07) is 1.68. The number of nitrogens with zero attached hydrogens (tertiary/aromatic N) is 1. The summed E-state index contributed by atoms with van der Waals surface area (Å²) in [5, 5.41) is 3.61. The number of hydrogen-bond acceptors (Lipinski definition) is 2. The Morgan fingerprint density at radius 1 is 1.29 bits per heavy atom. The van der Waals surface area contributed by atoms with E-state index < -0.39 is 0 Å². The van der Waals surface area contributed by atoms with Crippen LogP contribution in [0.25, 0.3) is 0 Å². The van der Waals surface area contributed by atoms with Gasteiger partial charge in [0.2, 0.25) is 0 Å². The van der Waals surface area contributed by atoms with Gasteiger partial charge in [0.1, 0.15) is 0 Å². The summed E-state index contributed by atoms with van der Waals surface area (Å²) in [7, 11) is 0. The van der Waals surface area contributed by atoms with Crippen molar-refractivity contribution in [3.63, 3.8) is 0 Å². The Bertz CT molecular complexity index is 213. The second-order valence-electron chi connectivity index (χ2n) is 6.16. The zero-order valence-corrected chi connectivity index (χ0v) is 11.8. The van der Waals surface area contributed by atoms with Crippen LogP contribution in [0.4, 0.5) is 0 Å². The number of nitrogens with one attached hydrogen (secondary N) is 1. The Hall–Kier alpha value is -0.0800. The molecule has 2 nitrogen and oxygen atoms in total. The van der Waals surface area contributed by atoms with Crippen molar-refractivity contribution in [1.82, 2.24) is 10.2 Å². The lowest BCUT2D eigenvalue weighted by Crippen LogP contribution is -2.31. The number of rotatable bonds is 8. The molecule has 2 aliphatic rings. The number of hydrogen-bond donors (Lipinski definition) is 1. The summed E-state index contributed by atoms with van der Waals surface area (Å²) >= 11 is 0. The van der Waals surface area contributed by atoms with E-state index in [1.807, 2.05) is 0 Å². The molecule has 0 aromatic carbocycles. The normalized spacial score (nSPS) is 27.5. The van der Waals surface area contributed by atoms with Crippen molar-refractivity contribution in [2.24, 2.45) is 5.92 Å². The fraction of sp³-hybridized carbons (Fsp3) is 1.00. The van der Waals surface area contributed by atoms with Crippen molar-refractivity contribution in [3.05, 3.63) is 0 Å². The lowest BCUT2D eigenvalue weighted by atomic mass is 10.0. The van der Waals surface area contributed by atoms with Crippen LogP contribution in [0.1, 0.15) is 58.8 Å². The average Bonchev–Trinajstić information content (AvgIpc) is 3.03. The van der Waals surface area contributed by atoms with Gasteiger partial charge in [-0.15, -0.1) is 0 Å². The fourth-order valence-electron chi connectivity index (χ4n) is 3.08. The van der Waals surface area contributed by atoms with Gasteiger partial charge in [0, 0.05) is 18.6 Å². The highest BCUT2D eigenvalue weighted by atomic mass is 15.2. The third-order valence-electron chi connectivity index (χ3n) is 4.45. The van der Waals surface area contributed by atoms with Gasteiger partial charge in [0.15, 0.2) is 0 Å². The molecule has 0 aromatic heterocycles. The van der Waals surface area contributed by atoms with Crippen molar-refractivity contribution in [2.45, 2.75) is 70.9 Å². The molecular weight excluding hydrogens is 208 g/mol. The third kappa shape index (κ3) is 4.59. The van der Waals surface area contributed by atoms with Crippen LogP contribution in [0.3, 0.4) is 0 Å². The topological polar surface area (TPSA) is 15.3 Å². The highest BCUT2D eigenvalue weighted by Gasteiger charge is 2.25. The van der Waals surface area contributed by atoms with Crippen LogP contribution >= 0.6 is 0 Å². The van der Waals surface area contributed by atoms with E-state index in [0.717, 1.165) is 18.0 Å². The largest absolute Gasteiger partial charge is 0.314 e. The molecule has 0 aromatic rings. The Balaban J connectivity index is 1.54. The van der Waals surface area contributed by atoms with Crippen molar-refractivity contribution >= 4 is 0 Å². The molecule has 0 radical (unpaired) electrons. The summed E-state index contributed by atoms with van der Waals surface area (Å²) in [6.45, 7) is 8.69. The molecule has 2 unspecified atom stereocenters. The minimum absolute atomic E-state index is 0.804. The van der Waals surface area contributed by atoms with E-state index in [9.17, 15) is 0 Å².